The summed E-state index contributed by atoms with van der Waals surface area (Å²) in [4.78, 5) is 84.0. The van der Waals surface area contributed by atoms with Crippen LogP contribution in [0.25, 0.3) is 0 Å². The lowest BCUT2D eigenvalue weighted by Gasteiger charge is -2.21. The van der Waals surface area contributed by atoms with Crippen molar-refractivity contribution >= 4 is 64.2 Å². The molecule has 9 N–H and O–H groups in total. The molecule has 0 aromatic rings. The van der Waals surface area contributed by atoms with Crippen molar-refractivity contribution in [2.75, 3.05) is 72.5 Å². The molecule has 0 aliphatic heterocycles. The second kappa shape index (κ2) is 33.2. The number of aliphatic hydroxyl groups is 1. The SMILES string of the molecule is CCCCC(=O)NC(CCC(=O)NCCOCCOCC(=O)NCCOCCOCC(=O)NCCCC[C@H](NI)C(=O)C[C@@H](CC1C=CC(O)=CC1)C(N)=O)C(=O)O. The maximum atomic E-state index is 12.9. The summed E-state index contributed by atoms with van der Waals surface area (Å²) in [5.41, 5.74) is 5.58. The third-order valence-electron chi connectivity index (χ3n) is 8.77. The summed E-state index contributed by atoms with van der Waals surface area (Å²) in [5, 5.41) is 29.2. The molecule has 0 aromatic carbocycles. The fourth-order valence-electron chi connectivity index (χ4n) is 5.48. The monoisotopic (exact) mass is 938 g/mol. The van der Waals surface area contributed by atoms with Gasteiger partial charge in [0, 0.05) is 67.7 Å². The molecule has 1 aliphatic carbocycles. The Morgan fingerprint density at radius 3 is 1.93 bits per heavy atom. The Hall–Kier alpha value is -3.70. The van der Waals surface area contributed by atoms with Crippen molar-refractivity contribution in [2.45, 2.75) is 89.6 Å². The zero-order chi connectivity index (χ0) is 43.0. The number of primary amides is 1. The van der Waals surface area contributed by atoms with Crippen molar-refractivity contribution in [1.82, 2.24) is 24.8 Å². The third-order valence-corrected chi connectivity index (χ3v) is 9.52. The first-order chi connectivity index (χ1) is 27.9. The van der Waals surface area contributed by atoms with Gasteiger partial charge in [-0.2, -0.15) is 0 Å². The number of halogens is 1. The number of aliphatic hydroxyl groups excluding tert-OH is 1. The van der Waals surface area contributed by atoms with Crippen molar-refractivity contribution < 1.29 is 62.7 Å². The van der Waals surface area contributed by atoms with Gasteiger partial charge in [0.25, 0.3) is 0 Å². The van der Waals surface area contributed by atoms with Gasteiger partial charge < -0.3 is 56.2 Å². The molecule has 0 saturated heterocycles. The minimum Gasteiger partial charge on any atom is -0.508 e. The number of carbonyl (C=O) groups is 7. The van der Waals surface area contributed by atoms with Crippen LogP contribution in [0.5, 0.6) is 0 Å². The molecule has 1 rings (SSSR count). The Balaban J connectivity index is 1.99. The van der Waals surface area contributed by atoms with Gasteiger partial charge in [-0.3, -0.25) is 32.3 Å². The molecule has 58 heavy (non-hydrogen) atoms. The zero-order valence-corrected chi connectivity index (χ0v) is 35.6. The molecular weight excluding hydrogens is 875 g/mol. The molecular formula is C38H63IN6O13. The number of Topliss-reactive ketones (excluding diaryl/α,β-unsaturated/α-hetero) is 1. The standard InChI is InChI=1S/C38H63IN6O13/c1-2-3-7-34(49)44-31(38(53)54)12-13-33(48)42-15-17-55-19-22-58-26-36(51)43-16-18-56-20-21-57-25-35(50)41-14-5-4-6-30(45-39)32(47)24-28(37(40)52)23-27-8-10-29(46)11-9-27/h8,10-11,27-28,30-31,45-46H,2-7,9,12-26H2,1H3,(H2,40,52)(H,41,50)(H,42,48)(H,43,51)(H,44,49)(H,53,54)/t27?,28-,30+,31?/m1/s1. The maximum absolute atomic E-state index is 12.9. The molecule has 0 heterocycles. The van der Waals surface area contributed by atoms with Gasteiger partial charge in [-0.1, -0.05) is 19.4 Å². The molecule has 1 aliphatic rings. The van der Waals surface area contributed by atoms with Crippen molar-refractivity contribution in [1.29, 1.82) is 0 Å². The summed E-state index contributed by atoms with van der Waals surface area (Å²) in [6, 6.07) is -1.57. The first kappa shape index (κ1) is 52.3. The van der Waals surface area contributed by atoms with Crippen LogP contribution in [0.4, 0.5) is 0 Å². The lowest BCUT2D eigenvalue weighted by Crippen LogP contribution is -2.41. The van der Waals surface area contributed by atoms with E-state index in [0.29, 0.717) is 45.1 Å². The number of hydrogen-bond acceptors (Lipinski definition) is 13. The Bertz CT molecular complexity index is 1340. The molecule has 0 bridgehead atoms. The predicted octanol–water partition coefficient (Wildman–Crippen LogP) is 0.889. The Morgan fingerprint density at radius 1 is 0.776 bits per heavy atom. The van der Waals surface area contributed by atoms with E-state index in [-0.39, 0.29) is 133 Å². The molecule has 4 atom stereocenters. The number of rotatable bonds is 36. The number of nitrogens with one attached hydrogen (secondary N) is 5. The highest BCUT2D eigenvalue weighted by molar-refractivity contribution is 14.1. The molecule has 5 amide bonds. The quantitative estimate of drug-likeness (QED) is 0.0246. The highest BCUT2D eigenvalue weighted by Gasteiger charge is 2.27. The minimum absolute atomic E-state index is 0.0247. The molecule has 0 saturated carbocycles. The van der Waals surface area contributed by atoms with E-state index >= 15 is 0 Å². The average Bonchev–Trinajstić information content (AvgIpc) is 3.19. The van der Waals surface area contributed by atoms with Crippen LogP contribution in [0.15, 0.2) is 24.0 Å². The van der Waals surface area contributed by atoms with Crippen LogP contribution in [-0.2, 0) is 52.5 Å². The van der Waals surface area contributed by atoms with Crippen LogP contribution >= 0.6 is 22.9 Å². The number of ether oxygens (including phenoxy) is 4. The summed E-state index contributed by atoms with van der Waals surface area (Å²) in [7, 11) is 0. The van der Waals surface area contributed by atoms with E-state index in [1.165, 1.54) is 0 Å². The number of carboxylic acid groups (broad SMARTS) is 1. The van der Waals surface area contributed by atoms with Gasteiger partial charge in [0.15, 0.2) is 5.78 Å². The lowest BCUT2D eigenvalue weighted by molar-refractivity contribution is -0.142. The lowest BCUT2D eigenvalue weighted by atomic mass is 9.85. The van der Waals surface area contributed by atoms with E-state index in [1.54, 1.807) is 12.2 Å². The van der Waals surface area contributed by atoms with Crippen LogP contribution in [0.1, 0.15) is 77.6 Å². The molecule has 2 unspecified atom stereocenters. The van der Waals surface area contributed by atoms with Crippen LogP contribution in [-0.4, -0.2) is 136 Å². The molecule has 20 heteroatoms. The summed E-state index contributed by atoms with van der Waals surface area (Å²) in [5.74, 6) is -3.51. The maximum Gasteiger partial charge on any atom is 0.326 e. The highest BCUT2D eigenvalue weighted by Crippen LogP contribution is 2.25. The molecule has 0 radical (unpaired) electrons. The number of ketones is 1. The number of amides is 5. The Morgan fingerprint density at radius 2 is 1.38 bits per heavy atom. The predicted molar refractivity (Wildman–Crippen MR) is 220 cm³/mol. The van der Waals surface area contributed by atoms with E-state index in [0.717, 1.165) is 6.42 Å². The number of nitrogens with two attached hydrogens (primary N) is 1. The number of unbranched alkanes of at least 4 members (excludes halogenated alkanes) is 2. The van der Waals surface area contributed by atoms with Gasteiger partial charge in [-0.25, -0.2) is 4.79 Å². The van der Waals surface area contributed by atoms with E-state index < -0.39 is 29.9 Å². The van der Waals surface area contributed by atoms with Crippen LogP contribution in [0, 0.1) is 11.8 Å². The number of carbonyl (C=O) groups excluding carboxylic acids is 6. The summed E-state index contributed by atoms with van der Waals surface area (Å²) in [6.45, 7) is 3.69. The number of aliphatic carboxylic acids is 1. The Labute approximate surface area is 354 Å². The second-order valence-corrected chi connectivity index (χ2v) is 14.2. The van der Waals surface area contributed by atoms with Crippen molar-refractivity contribution in [3.8, 4) is 0 Å². The number of hydrogen-bond donors (Lipinski definition) is 8. The summed E-state index contributed by atoms with van der Waals surface area (Å²) in [6.07, 6.45) is 9.63. The smallest absolute Gasteiger partial charge is 0.326 e. The fourth-order valence-corrected chi connectivity index (χ4v) is 6.14. The Kier molecular flexibility index (Phi) is 29.9. The molecule has 330 valence electrons. The average molecular weight is 939 g/mol. The van der Waals surface area contributed by atoms with Crippen molar-refractivity contribution in [2.24, 2.45) is 17.6 Å². The van der Waals surface area contributed by atoms with Crippen LogP contribution in [0.2, 0.25) is 0 Å². The van der Waals surface area contributed by atoms with Gasteiger partial charge in [-0.05, 0) is 63.0 Å². The summed E-state index contributed by atoms with van der Waals surface area (Å²) >= 11 is 1.93. The van der Waals surface area contributed by atoms with Crippen molar-refractivity contribution in [3.05, 3.63) is 24.0 Å². The van der Waals surface area contributed by atoms with Gasteiger partial charge in [0.2, 0.25) is 29.5 Å². The minimum atomic E-state index is -1.19. The normalized spacial score (nSPS) is 15.1. The second-order valence-electron chi connectivity index (χ2n) is 13.6. The van der Waals surface area contributed by atoms with E-state index in [1.807, 2.05) is 35.9 Å². The largest absolute Gasteiger partial charge is 0.508 e. The molecule has 19 nitrogen and oxygen atoms in total. The van der Waals surface area contributed by atoms with Gasteiger partial charge in [0.05, 0.1) is 45.7 Å². The summed E-state index contributed by atoms with van der Waals surface area (Å²) < 4.78 is 24.3. The first-order valence-corrected chi connectivity index (χ1v) is 20.8. The zero-order valence-electron chi connectivity index (χ0n) is 33.4. The van der Waals surface area contributed by atoms with Crippen LogP contribution < -0.4 is 30.5 Å². The molecule has 0 fully saturated rings. The first-order valence-electron chi connectivity index (χ1n) is 19.7. The van der Waals surface area contributed by atoms with Crippen molar-refractivity contribution in [3.63, 3.8) is 0 Å². The number of allylic oxidation sites excluding steroid dienone is 3. The highest BCUT2D eigenvalue weighted by atomic mass is 127. The fraction of sp³-hybridized carbons (Fsp3) is 0.711. The van der Waals surface area contributed by atoms with Gasteiger partial charge >= 0.3 is 5.97 Å². The number of carboxylic acids is 1. The van der Waals surface area contributed by atoms with E-state index in [4.69, 9.17) is 24.7 Å². The van der Waals surface area contributed by atoms with E-state index in [2.05, 4.69) is 24.8 Å². The van der Waals surface area contributed by atoms with Gasteiger partial charge in [0.1, 0.15) is 25.0 Å². The van der Waals surface area contributed by atoms with E-state index in [9.17, 15) is 43.8 Å². The third kappa shape index (κ3) is 27.1. The molecule has 0 spiro atoms. The molecule has 0 aromatic heterocycles. The van der Waals surface area contributed by atoms with Gasteiger partial charge in [-0.15, -0.1) is 0 Å². The van der Waals surface area contributed by atoms with Crippen LogP contribution in [0.3, 0.4) is 0 Å². The topological polar surface area (TPSA) is 283 Å².